The summed E-state index contributed by atoms with van der Waals surface area (Å²) in [6.07, 6.45) is 5.34. The lowest BCUT2D eigenvalue weighted by Gasteiger charge is -2.09. The lowest BCUT2D eigenvalue weighted by molar-refractivity contribution is 0.476. The van der Waals surface area contributed by atoms with Crippen LogP contribution in [0, 0.1) is 32.0 Å². The Bertz CT molecular complexity index is 622. The molecule has 0 fully saturated rings. The van der Waals surface area contributed by atoms with Crippen LogP contribution in [0.2, 0.25) is 0 Å². The Kier molecular flexibility index (Phi) is 7.39. The van der Waals surface area contributed by atoms with Crippen molar-refractivity contribution < 1.29 is 9.50 Å². The van der Waals surface area contributed by atoms with Crippen molar-refractivity contribution in [2.24, 2.45) is 0 Å². The van der Waals surface area contributed by atoms with Crippen LogP contribution in [0.5, 0.6) is 5.75 Å². The van der Waals surface area contributed by atoms with Crippen LogP contribution in [0.25, 0.3) is 10.8 Å². The first kappa shape index (κ1) is 18.0. The molecule has 0 amide bonds. The number of halogens is 1. The number of aryl methyl sites for hydroxylation is 2. The van der Waals surface area contributed by atoms with Gasteiger partial charge in [0.05, 0.1) is 5.56 Å². The second-order valence-electron chi connectivity index (χ2n) is 3.89. The summed E-state index contributed by atoms with van der Waals surface area (Å²) in [4.78, 5) is 0. The maximum Gasteiger partial charge on any atom is 0.142 e. The van der Waals surface area contributed by atoms with Crippen LogP contribution in [-0.2, 0) is 0 Å². The zero-order valence-electron chi connectivity index (χ0n) is 13.1. The van der Waals surface area contributed by atoms with Crippen LogP contribution >= 0.6 is 0 Å². The number of phenolic OH excluding ortho intramolecular Hbond substituents is 1. The van der Waals surface area contributed by atoms with E-state index >= 15 is 0 Å². The van der Waals surface area contributed by atoms with E-state index in [2.05, 4.69) is 5.92 Å². The van der Waals surface area contributed by atoms with Crippen LogP contribution in [0.3, 0.4) is 0 Å². The molecule has 0 saturated heterocycles. The first-order valence-corrected chi connectivity index (χ1v) is 6.93. The molecule has 0 bridgehead atoms. The molecule has 0 unspecified atom stereocenters. The number of benzene rings is 2. The average Bonchev–Trinajstić information content (AvgIpc) is 2.45. The Morgan fingerprint density at radius 2 is 1.55 bits per heavy atom. The molecule has 0 aromatic heterocycles. The van der Waals surface area contributed by atoms with E-state index in [1.54, 1.807) is 32.0 Å². The van der Waals surface area contributed by atoms with Gasteiger partial charge in [0.2, 0.25) is 0 Å². The van der Waals surface area contributed by atoms with E-state index in [0.717, 1.165) is 10.9 Å². The summed E-state index contributed by atoms with van der Waals surface area (Å²) in [5, 5.41) is 11.0. The second kappa shape index (κ2) is 8.22. The number of fused-ring (bicyclic) bond motifs is 1. The SMILES string of the molecule is C#Cc1c(F)c(C)cc2cc(O)cc(C)c12.CC.CC. The zero-order chi connectivity index (χ0) is 15.9. The van der Waals surface area contributed by atoms with Crippen LogP contribution in [0.1, 0.15) is 44.4 Å². The fourth-order valence-electron chi connectivity index (χ4n) is 1.99. The van der Waals surface area contributed by atoms with Gasteiger partial charge in [-0.3, -0.25) is 0 Å². The molecule has 2 aromatic rings. The van der Waals surface area contributed by atoms with Crippen LogP contribution < -0.4 is 0 Å². The van der Waals surface area contributed by atoms with Crippen LogP contribution in [0.15, 0.2) is 18.2 Å². The molecule has 1 N–H and O–H groups in total. The molecule has 0 radical (unpaired) electrons. The molecule has 0 saturated carbocycles. The van der Waals surface area contributed by atoms with Crippen LogP contribution in [-0.4, -0.2) is 5.11 Å². The van der Waals surface area contributed by atoms with Gasteiger partial charge in [-0.1, -0.05) is 33.6 Å². The summed E-state index contributed by atoms with van der Waals surface area (Å²) in [6.45, 7) is 11.5. The second-order valence-corrected chi connectivity index (χ2v) is 3.89. The van der Waals surface area contributed by atoms with E-state index in [-0.39, 0.29) is 17.1 Å². The lowest BCUT2D eigenvalue weighted by atomic mass is 9.97. The summed E-state index contributed by atoms with van der Waals surface area (Å²) >= 11 is 0. The van der Waals surface area contributed by atoms with E-state index < -0.39 is 0 Å². The predicted octanol–water partition coefficient (Wildman–Crippen LogP) is 5.34. The molecule has 2 aromatic carbocycles. The van der Waals surface area contributed by atoms with Gasteiger partial charge in [-0.2, -0.15) is 0 Å². The number of hydrogen-bond acceptors (Lipinski definition) is 1. The standard InChI is InChI=1S/C14H11FO.2C2H6/c1-4-12-13-8(2)6-11(16)7-10(13)5-9(3)14(12)15;2*1-2/h1,5-7,16H,2-3H3;2*1-2H3. The number of hydrogen-bond donors (Lipinski definition) is 1. The van der Waals surface area contributed by atoms with E-state index in [1.807, 2.05) is 27.7 Å². The fraction of sp³-hybridized carbons (Fsp3) is 0.333. The summed E-state index contributed by atoms with van der Waals surface area (Å²) in [7, 11) is 0. The van der Waals surface area contributed by atoms with Gasteiger partial charge in [0.1, 0.15) is 11.6 Å². The Labute approximate surface area is 121 Å². The first-order chi connectivity index (χ1) is 9.54. The minimum atomic E-state index is -0.358. The maximum atomic E-state index is 13.8. The Morgan fingerprint density at radius 1 is 1.00 bits per heavy atom. The summed E-state index contributed by atoms with van der Waals surface area (Å²) < 4.78 is 13.8. The molecule has 2 heteroatoms. The van der Waals surface area contributed by atoms with Gasteiger partial charge < -0.3 is 5.11 Å². The van der Waals surface area contributed by atoms with Gasteiger partial charge in [0.25, 0.3) is 0 Å². The Hall–Kier alpha value is -2.01. The minimum absolute atomic E-state index is 0.166. The summed E-state index contributed by atoms with van der Waals surface area (Å²) in [5.41, 5.74) is 1.54. The van der Waals surface area contributed by atoms with Gasteiger partial charge in [-0.25, -0.2) is 4.39 Å². The van der Waals surface area contributed by atoms with Crippen molar-refractivity contribution in [2.45, 2.75) is 41.5 Å². The molecular weight excluding hydrogens is 251 g/mol. The predicted molar refractivity (Wildman–Crippen MR) is 85.7 cm³/mol. The minimum Gasteiger partial charge on any atom is -0.508 e. The Morgan fingerprint density at radius 3 is 2.05 bits per heavy atom. The molecule has 1 nitrogen and oxygen atoms in total. The quantitative estimate of drug-likeness (QED) is 0.643. The third-order valence-electron chi connectivity index (χ3n) is 2.68. The van der Waals surface area contributed by atoms with Crippen molar-refractivity contribution in [1.82, 2.24) is 0 Å². The lowest BCUT2D eigenvalue weighted by Crippen LogP contribution is -1.93. The van der Waals surface area contributed by atoms with Crippen molar-refractivity contribution in [1.29, 1.82) is 0 Å². The molecular formula is C18H23FO. The molecule has 0 aliphatic heterocycles. The zero-order valence-corrected chi connectivity index (χ0v) is 13.1. The number of terminal acetylenes is 1. The van der Waals surface area contributed by atoms with Crippen molar-refractivity contribution >= 4 is 10.8 Å². The van der Waals surface area contributed by atoms with Crippen molar-refractivity contribution in [2.75, 3.05) is 0 Å². The summed E-state index contributed by atoms with van der Waals surface area (Å²) in [5.74, 6) is 2.19. The molecule has 0 aliphatic carbocycles. The van der Waals surface area contributed by atoms with Gasteiger partial charge in [-0.15, -0.1) is 6.42 Å². The van der Waals surface area contributed by atoms with E-state index in [1.165, 1.54) is 0 Å². The number of aromatic hydroxyl groups is 1. The molecule has 0 atom stereocenters. The van der Waals surface area contributed by atoms with Crippen molar-refractivity contribution in [3.8, 4) is 18.1 Å². The Balaban J connectivity index is 0.000000829. The van der Waals surface area contributed by atoms with Gasteiger partial charge in [0, 0.05) is 5.39 Å². The molecule has 0 spiro atoms. The highest BCUT2D eigenvalue weighted by Gasteiger charge is 2.11. The maximum absolute atomic E-state index is 13.8. The van der Waals surface area contributed by atoms with E-state index in [0.29, 0.717) is 10.9 Å². The topological polar surface area (TPSA) is 20.2 Å². The van der Waals surface area contributed by atoms with Gasteiger partial charge >= 0.3 is 0 Å². The van der Waals surface area contributed by atoms with E-state index in [4.69, 9.17) is 6.42 Å². The van der Waals surface area contributed by atoms with Gasteiger partial charge in [0.15, 0.2) is 0 Å². The molecule has 108 valence electrons. The largest absolute Gasteiger partial charge is 0.508 e. The summed E-state index contributed by atoms with van der Waals surface area (Å²) in [6, 6.07) is 4.87. The highest BCUT2D eigenvalue weighted by Crippen LogP contribution is 2.30. The number of phenols is 1. The molecule has 20 heavy (non-hydrogen) atoms. The van der Waals surface area contributed by atoms with Crippen LogP contribution in [0.4, 0.5) is 4.39 Å². The monoisotopic (exact) mass is 274 g/mol. The fourth-order valence-corrected chi connectivity index (χ4v) is 1.99. The first-order valence-electron chi connectivity index (χ1n) is 6.93. The van der Waals surface area contributed by atoms with Crippen molar-refractivity contribution in [3.63, 3.8) is 0 Å². The third-order valence-corrected chi connectivity index (χ3v) is 2.68. The third kappa shape index (κ3) is 3.51. The average molecular weight is 274 g/mol. The highest BCUT2D eigenvalue weighted by atomic mass is 19.1. The van der Waals surface area contributed by atoms with E-state index in [9.17, 15) is 9.50 Å². The molecule has 2 rings (SSSR count). The highest BCUT2D eigenvalue weighted by molar-refractivity contribution is 5.92. The normalized spacial score (nSPS) is 8.90. The number of rotatable bonds is 0. The van der Waals surface area contributed by atoms with Crippen molar-refractivity contribution in [3.05, 3.63) is 40.7 Å². The molecule has 0 heterocycles. The molecule has 0 aliphatic rings. The smallest absolute Gasteiger partial charge is 0.142 e. The van der Waals surface area contributed by atoms with Gasteiger partial charge in [-0.05, 0) is 48.6 Å².